The zero-order valence-corrected chi connectivity index (χ0v) is 11.7. The number of rotatable bonds is 2. The van der Waals surface area contributed by atoms with Gasteiger partial charge < -0.3 is 9.84 Å². The molecule has 4 atom stereocenters. The van der Waals surface area contributed by atoms with E-state index in [1.807, 2.05) is 43.3 Å². The molecule has 0 aliphatic carbocycles. The van der Waals surface area contributed by atoms with Crippen molar-refractivity contribution in [2.24, 2.45) is 5.92 Å². The van der Waals surface area contributed by atoms with Gasteiger partial charge >= 0.3 is 0 Å². The molecule has 3 heteroatoms. The molecule has 20 heavy (non-hydrogen) atoms. The van der Waals surface area contributed by atoms with Gasteiger partial charge in [0.05, 0.1) is 6.10 Å². The Bertz CT molecular complexity index is 622. The molecule has 3 rings (SSSR count). The molecule has 106 valence electrons. The van der Waals surface area contributed by atoms with Crippen LogP contribution in [0.1, 0.15) is 25.8 Å². The van der Waals surface area contributed by atoms with Crippen LogP contribution in [0.3, 0.4) is 0 Å². The Morgan fingerprint density at radius 3 is 2.60 bits per heavy atom. The fourth-order valence-electron chi connectivity index (χ4n) is 3.15. The molecule has 1 aliphatic rings. The van der Waals surface area contributed by atoms with E-state index in [9.17, 15) is 9.50 Å². The third-order valence-corrected chi connectivity index (χ3v) is 4.33. The highest BCUT2D eigenvalue weighted by molar-refractivity contribution is 5.86. The lowest BCUT2D eigenvalue weighted by Crippen LogP contribution is -2.35. The Morgan fingerprint density at radius 1 is 1.20 bits per heavy atom. The monoisotopic (exact) mass is 274 g/mol. The lowest BCUT2D eigenvalue weighted by molar-refractivity contribution is -0.222. The van der Waals surface area contributed by atoms with Crippen molar-refractivity contribution in [3.8, 4) is 0 Å². The molecular formula is C17H19FO2. The highest BCUT2D eigenvalue weighted by Gasteiger charge is 2.54. The lowest BCUT2D eigenvalue weighted by Gasteiger charge is -2.27. The van der Waals surface area contributed by atoms with Crippen LogP contribution in [0.25, 0.3) is 10.8 Å². The summed E-state index contributed by atoms with van der Waals surface area (Å²) in [5.74, 6) is -2.16. The predicted molar refractivity (Wildman–Crippen MR) is 77.1 cm³/mol. The largest absolute Gasteiger partial charge is 0.360 e. The van der Waals surface area contributed by atoms with Gasteiger partial charge in [-0.1, -0.05) is 56.3 Å². The molecule has 2 aromatic carbocycles. The number of aliphatic hydroxyl groups is 1. The first-order valence-corrected chi connectivity index (χ1v) is 7.10. The number of benzene rings is 2. The first-order chi connectivity index (χ1) is 9.58. The van der Waals surface area contributed by atoms with Crippen LogP contribution in [-0.4, -0.2) is 17.4 Å². The molecule has 2 nitrogen and oxygen atoms in total. The average Bonchev–Trinajstić information content (AvgIpc) is 2.71. The topological polar surface area (TPSA) is 29.5 Å². The van der Waals surface area contributed by atoms with Crippen molar-refractivity contribution in [1.29, 1.82) is 0 Å². The van der Waals surface area contributed by atoms with Crippen molar-refractivity contribution >= 4 is 10.8 Å². The second kappa shape index (κ2) is 4.83. The van der Waals surface area contributed by atoms with Crippen LogP contribution in [0.4, 0.5) is 4.39 Å². The number of halogens is 1. The number of hydrogen-bond acceptors (Lipinski definition) is 2. The van der Waals surface area contributed by atoms with Crippen LogP contribution in [0.15, 0.2) is 42.5 Å². The number of hydrogen-bond donors (Lipinski definition) is 1. The molecule has 0 amide bonds. The van der Waals surface area contributed by atoms with E-state index >= 15 is 0 Å². The van der Waals surface area contributed by atoms with Gasteiger partial charge in [0.1, 0.15) is 0 Å². The maximum absolute atomic E-state index is 14.6. The van der Waals surface area contributed by atoms with Gasteiger partial charge in [0.15, 0.2) is 6.17 Å². The molecule has 0 aromatic heterocycles. The zero-order valence-electron chi connectivity index (χ0n) is 11.7. The van der Waals surface area contributed by atoms with E-state index in [-0.39, 0.29) is 12.0 Å². The van der Waals surface area contributed by atoms with E-state index < -0.39 is 12.0 Å². The number of ether oxygens (including phenoxy) is 1. The summed E-state index contributed by atoms with van der Waals surface area (Å²) < 4.78 is 20.3. The SMILES string of the molecule is CC[C@H]1OC(O)(c2cccc3ccccc23)[C@H](F)[C@@H]1C. The minimum absolute atomic E-state index is 0.256. The first kappa shape index (κ1) is 13.5. The van der Waals surface area contributed by atoms with E-state index in [2.05, 4.69) is 0 Å². The standard InChI is InChI=1S/C17H19FO2/c1-3-15-11(2)16(18)17(19,20-15)14-10-6-8-12-7-4-5-9-13(12)14/h4-11,15-16,19H,3H2,1-2H3/t11-,15-,16-,17?/m1/s1. The van der Waals surface area contributed by atoms with Crippen molar-refractivity contribution in [1.82, 2.24) is 0 Å². The Balaban J connectivity index is 2.15. The van der Waals surface area contributed by atoms with E-state index in [1.165, 1.54) is 0 Å². The van der Waals surface area contributed by atoms with Crippen LogP contribution >= 0.6 is 0 Å². The van der Waals surface area contributed by atoms with Gasteiger partial charge in [-0.05, 0) is 17.2 Å². The van der Waals surface area contributed by atoms with Gasteiger partial charge in [-0.2, -0.15) is 0 Å². The molecule has 0 bridgehead atoms. The molecule has 1 unspecified atom stereocenters. The summed E-state index contributed by atoms with van der Waals surface area (Å²) in [6.45, 7) is 3.74. The van der Waals surface area contributed by atoms with Crippen molar-refractivity contribution < 1.29 is 14.2 Å². The molecule has 1 saturated heterocycles. The maximum atomic E-state index is 14.6. The van der Waals surface area contributed by atoms with Crippen LogP contribution in [0, 0.1) is 5.92 Å². The molecule has 0 spiro atoms. The Hall–Kier alpha value is -1.45. The fraction of sp³-hybridized carbons (Fsp3) is 0.412. The van der Waals surface area contributed by atoms with Gasteiger partial charge in [0.25, 0.3) is 0 Å². The van der Waals surface area contributed by atoms with Crippen molar-refractivity contribution in [3.05, 3.63) is 48.0 Å². The quantitative estimate of drug-likeness (QED) is 0.903. The van der Waals surface area contributed by atoms with E-state index in [1.54, 1.807) is 13.0 Å². The second-order valence-electron chi connectivity index (χ2n) is 5.55. The summed E-state index contributed by atoms with van der Waals surface area (Å²) in [7, 11) is 0. The summed E-state index contributed by atoms with van der Waals surface area (Å²) in [6.07, 6.45) is -0.985. The zero-order chi connectivity index (χ0) is 14.3. The third-order valence-electron chi connectivity index (χ3n) is 4.33. The molecule has 0 radical (unpaired) electrons. The smallest absolute Gasteiger partial charge is 0.226 e. The highest BCUT2D eigenvalue weighted by Crippen LogP contribution is 2.45. The van der Waals surface area contributed by atoms with Crippen molar-refractivity contribution in [2.75, 3.05) is 0 Å². The lowest BCUT2D eigenvalue weighted by atomic mass is 9.90. The van der Waals surface area contributed by atoms with Gasteiger partial charge in [-0.15, -0.1) is 0 Å². The summed E-state index contributed by atoms with van der Waals surface area (Å²) in [4.78, 5) is 0. The Morgan fingerprint density at radius 2 is 1.90 bits per heavy atom. The van der Waals surface area contributed by atoms with E-state index in [0.717, 1.165) is 10.8 Å². The van der Waals surface area contributed by atoms with Crippen LogP contribution in [0.5, 0.6) is 0 Å². The second-order valence-corrected chi connectivity index (χ2v) is 5.55. The van der Waals surface area contributed by atoms with Gasteiger partial charge in [-0.25, -0.2) is 4.39 Å². The fourth-order valence-corrected chi connectivity index (χ4v) is 3.15. The average molecular weight is 274 g/mol. The normalized spacial score (nSPS) is 33.7. The minimum Gasteiger partial charge on any atom is -0.360 e. The van der Waals surface area contributed by atoms with Crippen molar-refractivity contribution in [2.45, 2.75) is 38.3 Å². The first-order valence-electron chi connectivity index (χ1n) is 7.10. The maximum Gasteiger partial charge on any atom is 0.226 e. The molecule has 1 heterocycles. The van der Waals surface area contributed by atoms with Crippen molar-refractivity contribution in [3.63, 3.8) is 0 Å². The summed E-state index contributed by atoms with van der Waals surface area (Å²) in [5, 5.41) is 12.6. The summed E-state index contributed by atoms with van der Waals surface area (Å²) in [6, 6.07) is 13.2. The molecule has 1 aliphatic heterocycles. The predicted octanol–water partition coefficient (Wildman–Crippen LogP) is 3.77. The van der Waals surface area contributed by atoms with E-state index in [4.69, 9.17) is 4.74 Å². The van der Waals surface area contributed by atoms with Gasteiger partial charge in [0.2, 0.25) is 5.79 Å². The third kappa shape index (κ3) is 1.85. The number of fused-ring (bicyclic) bond motifs is 1. The molecule has 2 aromatic rings. The van der Waals surface area contributed by atoms with Gasteiger partial charge in [0, 0.05) is 11.5 Å². The van der Waals surface area contributed by atoms with Gasteiger partial charge in [-0.3, -0.25) is 0 Å². The Labute approximate surface area is 118 Å². The summed E-state index contributed by atoms with van der Waals surface area (Å²) >= 11 is 0. The molecular weight excluding hydrogens is 255 g/mol. The molecule has 0 saturated carbocycles. The molecule has 1 fully saturated rings. The molecule has 1 N–H and O–H groups in total. The van der Waals surface area contributed by atoms with E-state index in [0.29, 0.717) is 12.0 Å². The van der Waals surface area contributed by atoms with Crippen LogP contribution < -0.4 is 0 Å². The van der Waals surface area contributed by atoms with Crippen LogP contribution in [-0.2, 0) is 10.5 Å². The minimum atomic E-state index is -1.85. The highest BCUT2D eigenvalue weighted by atomic mass is 19.1. The van der Waals surface area contributed by atoms with Crippen LogP contribution in [0.2, 0.25) is 0 Å². The summed E-state index contributed by atoms with van der Waals surface area (Å²) in [5.41, 5.74) is 0.519. The number of alkyl halides is 1. The Kier molecular flexibility index (Phi) is 3.27.